The van der Waals surface area contributed by atoms with Crippen LogP contribution in [0.25, 0.3) is 5.65 Å². The average Bonchev–Trinajstić information content (AvgIpc) is 3.04. The summed E-state index contributed by atoms with van der Waals surface area (Å²) in [6.45, 7) is 0.894. The summed E-state index contributed by atoms with van der Waals surface area (Å²) in [5.74, 6) is -0.170. The molecule has 0 aromatic carbocycles. The van der Waals surface area contributed by atoms with E-state index >= 15 is 0 Å². The van der Waals surface area contributed by atoms with E-state index in [9.17, 15) is 13.2 Å². The fraction of sp³-hybridized carbons (Fsp3) is 0.562. The van der Waals surface area contributed by atoms with Crippen LogP contribution in [0.3, 0.4) is 0 Å². The lowest BCUT2D eigenvalue weighted by molar-refractivity contribution is 0.0829. The quantitative estimate of drug-likeness (QED) is 0.767. The molecule has 0 radical (unpaired) electrons. The van der Waals surface area contributed by atoms with E-state index in [1.54, 1.807) is 24.8 Å². The second kappa shape index (κ2) is 6.93. The fourth-order valence-corrected chi connectivity index (χ4v) is 4.43. The van der Waals surface area contributed by atoms with E-state index in [0.717, 1.165) is 18.5 Å². The Labute approximate surface area is 153 Å². The Morgan fingerprint density at radius 1 is 1.27 bits per heavy atom. The monoisotopic (exact) mass is 380 g/mol. The first-order chi connectivity index (χ1) is 12.2. The third-order valence-electron chi connectivity index (χ3n) is 4.66. The van der Waals surface area contributed by atoms with E-state index in [2.05, 4.69) is 10.1 Å². The van der Waals surface area contributed by atoms with E-state index in [1.165, 1.54) is 33.8 Å². The average molecular weight is 380 g/mol. The molecule has 10 heteroatoms. The molecule has 2 aromatic heterocycles. The largest absolute Gasteiger partial charge is 0.345 e. The molecule has 0 bridgehead atoms. The highest BCUT2D eigenvalue weighted by molar-refractivity contribution is 7.86. The second-order valence-corrected chi connectivity index (χ2v) is 8.99. The molecule has 0 N–H and O–H groups in total. The van der Waals surface area contributed by atoms with Gasteiger partial charge in [0.2, 0.25) is 0 Å². The van der Waals surface area contributed by atoms with Crippen molar-refractivity contribution in [1.82, 2.24) is 28.1 Å². The molecule has 0 saturated carbocycles. The van der Waals surface area contributed by atoms with Gasteiger partial charge in [0.15, 0.2) is 5.65 Å². The zero-order valence-electron chi connectivity index (χ0n) is 15.5. The first-order valence-corrected chi connectivity index (χ1v) is 9.85. The molecule has 26 heavy (non-hydrogen) atoms. The highest BCUT2D eigenvalue weighted by Gasteiger charge is 2.32. The standard InChI is InChI=1S/C16H24N6O3S/c1-19(2)16(23)13-10-18-22-14(7-8-17-15(13)22)12-6-5-9-21(11-12)26(24,25)20(3)4/h7-8,10,12H,5-6,9,11H2,1-4H3. The van der Waals surface area contributed by atoms with Crippen LogP contribution in [-0.4, -0.2) is 83.7 Å². The van der Waals surface area contributed by atoms with Crippen LogP contribution in [0, 0.1) is 0 Å². The highest BCUT2D eigenvalue weighted by Crippen LogP contribution is 2.29. The minimum Gasteiger partial charge on any atom is -0.345 e. The van der Waals surface area contributed by atoms with Gasteiger partial charge in [-0.05, 0) is 18.9 Å². The first kappa shape index (κ1) is 18.7. The van der Waals surface area contributed by atoms with Gasteiger partial charge in [0.25, 0.3) is 16.1 Å². The molecule has 0 aliphatic carbocycles. The Morgan fingerprint density at radius 2 is 2.00 bits per heavy atom. The molecule has 3 rings (SSSR count). The number of hydrogen-bond acceptors (Lipinski definition) is 5. The van der Waals surface area contributed by atoms with E-state index in [4.69, 9.17) is 0 Å². The minimum atomic E-state index is -3.45. The van der Waals surface area contributed by atoms with Crippen LogP contribution in [-0.2, 0) is 10.2 Å². The van der Waals surface area contributed by atoms with Crippen molar-refractivity contribution in [2.24, 2.45) is 0 Å². The van der Waals surface area contributed by atoms with Crippen LogP contribution < -0.4 is 0 Å². The molecule has 142 valence electrons. The maximum Gasteiger partial charge on any atom is 0.281 e. The van der Waals surface area contributed by atoms with Crippen molar-refractivity contribution < 1.29 is 13.2 Å². The molecule has 1 fully saturated rings. The topological polar surface area (TPSA) is 91.1 Å². The predicted molar refractivity (Wildman–Crippen MR) is 97.2 cm³/mol. The molecule has 1 aliphatic heterocycles. The Morgan fingerprint density at radius 3 is 2.65 bits per heavy atom. The van der Waals surface area contributed by atoms with Crippen LogP contribution in [0.1, 0.15) is 34.8 Å². The molecule has 2 aromatic rings. The zero-order valence-corrected chi connectivity index (χ0v) is 16.3. The van der Waals surface area contributed by atoms with Gasteiger partial charge in [-0.2, -0.15) is 22.1 Å². The number of piperidine rings is 1. The van der Waals surface area contributed by atoms with E-state index in [0.29, 0.717) is 24.3 Å². The Balaban J connectivity index is 1.97. The Bertz CT molecular complexity index is 921. The lowest BCUT2D eigenvalue weighted by atomic mass is 9.96. The molecular formula is C16H24N6O3S. The summed E-state index contributed by atoms with van der Waals surface area (Å²) in [7, 11) is 2.99. The Kier molecular flexibility index (Phi) is 5.00. The summed E-state index contributed by atoms with van der Waals surface area (Å²) in [4.78, 5) is 18.1. The predicted octanol–water partition coefficient (Wildman–Crippen LogP) is 0.417. The molecule has 1 saturated heterocycles. The van der Waals surface area contributed by atoms with E-state index < -0.39 is 10.2 Å². The van der Waals surface area contributed by atoms with Gasteiger partial charge in [-0.3, -0.25) is 4.79 Å². The SMILES string of the molecule is CN(C)C(=O)c1cnn2c(C3CCCN(S(=O)(=O)N(C)C)C3)ccnc12. The maximum atomic E-state index is 12.5. The van der Waals surface area contributed by atoms with Crippen LogP contribution in [0.15, 0.2) is 18.5 Å². The smallest absolute Gasteiger partial charge is 0.281 e. The molecule has 3 heterocycles. The highest BCUT2D eigenvalue weighted by atomic mass is 32.2. The van der Waals surface area contributed by atoms with Gasteiger partial charge in [0, 0.05) is 53.4 Å². The normalized spacial score (nSPS) is 19.2. The van der Waals surface area contributed by atoms with Gasteiger partial charge in [0.1, 0.15) is 5.56 Å². The van der Waals surface area contributed by atoms with Crippen LogP contribution in [0.5, 0.6) is 0 Å². The number of aromatic nitrogens is 3. The molecule has 1 atom stereocenters. The number of rotatable bonds is 4. The first-order valence-electron chi connectivity index (χ1n) is 8.45. The van der Waals surface area contributed by atoms with Crippen molar-refractivity contribution in [1.29, 1.82) is 0 Å². The molecule has 1 amide bonds. The van der Waals surface area contributed by atoms with Crippen molar-refractivity contribution in [3.05, 3.63) is 29.7 Å². The zero-order chi connectivity index (χ0) is 19.1. The van der Waals surface area contributed by atoms with Crippen molar-refractivity contribution >= 4 is 21.8 Å². The van der Waals surface area contributed by atoms with Crippen LogP contribution in [0.4, 0.5) is 0 Å². The van der Waals surface area contributed by atoms with Crippen molar-refractivity contribution in [2.45, 2.75) is 18.8 Å². The minimum absolute atomic E-state index is 0.00816. The van der Waals surface area contributed by atoms with Crippen LogP contribution in [0.2, 0.25) is 0 Å². The molecule has 0 spiro atoms. The number of hydrogen-bond donors (Lipinski definition) is 0. The van der Waals surface area contributed by atoms with Crippen molar-refractivity contribution in [2.75, 3.05) is 41.3 Å². The van der Waals surface area contributed by atoms with Gasteiger partial charge >= 0.3 is 0 Å². The second-order valence-electron chi connectivity index (χ2n) is 6.85. The number of fused-ring (bicyclic) bond motifs is 1. The number of nitrogens with zero attached hydrogens (tertiary/aromatic N) is 6. The van der Waals surface area contributed by atoms with Gasteiger partial charge in [-0.25, -0.2) is 9.50 Å². The summed E-state index contributed by atoms with van der Waals surface area (Å²) in [5, 5.41) is 4.35. The molecule has 1 unspecified atom stereocenters. The summed E-state index contributed by atoms with van der Waals surface area (Å²) in [5.41, 5.74) is 1.80. The lowest BCUT2D eigenvalue weighted by Crippen LogP contribution is -2.45. The molecule has 1 aliphatic rings. The van der Waals surface area contributed by atoms with Gasteiger partial charge < -0.3 is 4.90 Å². The number of carbonyl (C=O) groups excluding carboxylic acids is 1. The summed E-state index contributed by atoms with van der Waals surface area (Å²) in [6, 6.07) is 1.85. The van der Waals surface area contributed by atoms with Crippen molar-refractivity contribution in [3.63, 3.8) is 0 Å². The third-order valence-corrected chi connectivity index (χ3v) is 6.56. The van der Waals surface area contributed by atoms with Crippen molar-refractivity contribution in [3.8, 4) is 0 Å². The van der Waals surface area contributed by atoms with E-state index in [-0.39, 0.29) is 11.8 Å². The molecular weight excluding hydrogens is 356 g/mol. The van der Waals surface area contributed by atoms with Crippen LogP contribution >= 0.6 is 0 Å². The van der Waals surface area contributed by atoms with Gasteiger partial charge in [-0.1, -0.05) is 0 Å². The third kappa shape index (κ3) is 3.19. The fourth-order valence-electron chi connectivity index (χ4n) is 3.24. The summed E-state index contributed by atoms with van der Waals surface area (Å²) in [6.07, 6.45) is 4.80. The van der Waals surface area contributed by atoms with E-state index in [1.807, 2.05) is 6.07 Å². The lowest BCUT2D eigenvalue weighted by Gasteiger charge is -2.33. The number of amides is 1. The maximum absolute atomic E-state index is 12.5. The Hall–Kier alpha value is -2.04. The summed E-state index contributed by atoms with van der Waals surface area (Å²) < 4.78 is 29.3. The summed E-state index contributed by atoms with van der Waals surface area (Å²) >= 11 is 0. The van der Waals surface area contributed by atoms with Gasteiger partial charge in [0.05, 0.1) is 11.9 Å². The molecule has 9 nitrogen and oxygen atoms in total. The van der Waals surface area contributed by atoms with Gasteiger partial charge in [-0.15, -0.1) is 0 Å². The number of carbonyl (C=O) groups is 1.